The number of carboxylic acid groups (broad SMARTS) is 2. The zero-order valence-electron chi connectivity index (χ0n) is 21.8. The number of nitrogens with zero attached hydrogens (tertiary/aromatic N) is 2. The van der Waals surface area contributed by atoms with E-state index in [-0.39, 0.29) is 17.9 Å². The van der Waals surface area contributed by atoms with E-state index in [0.717, 1.165) is 29.7 Å². The van der Waals surface area contributed by atoms with Gasteiger partial charge in [0.2, 0.25) is 0 Å². The molecule has 2 aromatic carbocycles. The molecule has 4 N–H and O–H groups in total. The van der Waals surface area contributed by atoms with E-state index in [9.17, 15) is 10.0 Å². The molecule has 200 valence electrons. The zero-order chi connectivity index (χ0) is 27.5. The second kappa shape index (κ2) is 13.9. The van der Waals surface area contributed by atoms with E-state index in [2.05, 4.69) is 34.5 Å². The minimum Gasteiger partial charge on any atom is -0.450 e. The highest BCUT2D eigenvalue weighted by molar-refractivity contribution is 6.01. The fourth-order valence-corrected chi connectivity index (χ4v) is 4.90. The highest BCUT2D eigenvalue weighted by Gasteiger charge is 2.22. The number of rotatable bonds is 7. The fraction of sp³-hybridized carbons (Fsp3) is 0.333. The maximum atomic E-state index is 12.8. The van der Waals surface area contributed by atoms with Crippen LogP contribution in [0.5, 0.6) is 0 Å². The second-order valence-electron chi connectivity index (χ2n) is 9.56. The number of oxime groups is 1. The Labute approximate surface area is 223 Å². The lowest BCUT2D eigenvalue weighted by Gasteiger charge is -2.23. The Bertz CT molecular complexity index is 1250. The summed E-state index contributed by atoms with van der Waals surface area (Å²) >= 11 is 0. The van der Waals surface area contributed by atoms with Crippen molar-refractivity contribution in [1.29, 1.82) is 0 Å². The smallest absolute Gasteiger partial charge is 0.450 e. The van der Waals surface area contributed by atoms with Gasteiger partial charge in [-0.05, 0) is 67.6 Å². The Morgan fingerprint density at radius 1 is 0.974 bits per heavy atom. The third-order valence-corrected chi connectivity index (χ3v) is 6.83. The van der Waals surface area contributed by atoms with Crippen molar-refractivity contribution >= 4 is 17.8 Å². The SMILES string of the molecule is Cc1cc(/C(C[C@H](c2ccc(C(=O)NC3CCCCC3)cc2)c2ccccc2C)=N/O)ccn1.O=C(O)O. The van der Waals surface area contributed by atoms with Crippen molar-refractivity contribution in [3.05, 3.63) is 100 Å². The molecule has 38 heavy (non-hydrogen) atoms. The molecule has 0 spiro atoms. The normalized spacial score (nSPS) is 14.6. The summed E-state index contributed by atoms with van der Waals surface area (Å²) < 4.78 is 0. The minimum absolute atomic E-state index is 0.00392. The summed E-state index contributed by atoms with van der Waals surface area (Å²) in [5.41, 5.74) is 6.45. The molecule has 1 aliphatic carbocycles. The van der Waals surface area contributed by atoms with Gasteiger partial charge in [-0.25, -0.2) is 4.79 Å². The lowest BCUT2D eigenvalue weighted by atomic mass is 9.83. The van der Waals surface area contributed by atoms with Gasteiger partial charge in [-0.2, -0.15) is 0 Å². The van der Waals surface area contributed by atoms with Crippen LogP contribution in [0.25, 0.3) is 0 Å². The van der Waals surface area contributed by atoms with Gasteiger partial charge in [0, 0.05) is 41.4 Å². The maximum absolute atomic E-state index is 12.8. The van der Waals surface area contributed by atoms with Gasteiger partial charge in [0.05, 0.1) is 5.71 Å². The Kier molecular flexibility index (Phi) is 10.4. The predicted molar refractivity (Wildman–Crippen MR) is 146 cm³/mol. The molecule has 1 heterocycles. The number of amides is 1. The molecule has 1 aromatic heterocycles. The molecule has 1 fully saturated rings. The summed E-state index contributed by atoms with van der Waals surface area (Å²) in [5.74, 6) is -0.0215. The molecule has 8 heteroatoms. The zero-order valence-corrected chi connectivity index (χ0v) is 21.8. The second-order valence-corrected chi connectivity index (χ2v) is 9.56. The molecule has 1 atom stereocenters. The number of aryl methyl sites for hydroxylation is 2. The van der Waals surface area contributed by atoms with Gasteiger partial charge in [0.15, 0.2) is 0 Å². The van der Waals surface area contributed by atoms with Gasteiger partial charge in [-0.1, -0.05) is 60.8 Å². The summed E-state index contributed by atoms with van der Waals surface area (Å²) in [4.78, 5) is 25.6. The first-order valence-electron chi connectivity index (χ1n) is 12.8. The number of hydrogen-bond acceptors (Lipinski definition) is 5. The molecular weight excluding hydrogens is 482 g/mol. The Hall–Kier alpha value is -4.20. The Morgan fingerprint density at radius 3 is 2.24 bits per heavy atom. The van der Waals surface area contributed by atoms with Crippen LogP contribution >= 0.6 is 0 Å². The van der Waals surface area contributed by atoms with Crippen molar-refractivity contribution in [3.63, 3.8) is 0 Å². The van der Waals surface area contributed by atoms with Crippen LogP contribution in [0.2, 0.25) is 0 Å². The average molecular weight is 518 g/mol. The van der Waals surface area contributed by atoms with Crippen molar-refractivity contribution in [2.24, 2.45) is 5.16 Å². The lowest BCUT2D eigenvalue weighted by molar-refractivity contribution is 0.0927. The van der Waals surface area contributed by atoms with Gasteiger partial charge >= 0.3 is 6.16 Å². The number of aromatic nitrogens is 1. The first kappa shape index (κ1) is 28.4. The summed E-state index contributed by atoms with van der Waals surface area (Å²) in [6.07, 6.45) is 6.20. The van der Waals surface area contributed by atoms with Crippen LogP contribution in [0.4, 0.5) is 4.79 Å². The molecular formula is C30H35N3O5. The van der Waals surface area contributed by atoms with Crippen molar-refractivity contribution in [3.8, 4) is 0 Å². The molecule has 0 unspecified atom stereocenters. The minimum atomic E-state index is -1.83. The van der Waals surface area contributed by atoms with Gasteiger partial charge < -0.3 is 20.7 Å². The van der Waals surface area contributed by atoms with Crippen molar-refractivity contribution in [1.82, 2.24) is 10.3 Å². The maximum Gasteiger partial charge on any atom is 0.503 e. The molecule has 1 amide bonds. The van der Waals surface area contributed by atoms with Gasteiger partial charge in [0.25, 0.3) is 5.91 Å². The van der Waals surface area contributed by atoms with Crippen LogP contribution in [0.1, 0.15) is 82.7 Å². The van der Waals surface area contributed by atoms with E-state index in [1.165, 1.54) is 30.4 Å². The van der Waals surface area contributed by atoms with Crippen LogP contribution in [0.15, 0.2) is 72.0 Å². The van der Waals surface area contributed by atoms with Crippen molar-refractivity contribution < 1.29 is 25.0 Å². The third kappa shape index (κ3) is 8.16. The summed E-state index contributed by atoms with van der Waals surface area (Å²) in [7, 11) is 0. The van der Waals surface area contributed by atoms with Gasteiger partial charge in [0.1, 0.15) is 0 Å². The molecule has 1 aliphatic rings. The monoisotopic (exact) mass is 517 g/mol. The largest absolute Gasteiger partial charge is 0.503 e. The van der Waals surface area contributed by atoms with Crippen molar-refractivity contribution in [2.75, 3.05) is 0 Å². The Morgan fingerprint density at radius 2 is 1.63 bits per heavy atom. The van der Waals surface area contributed by atoms with E-state index in [4.69, 9.17) is 15.0 Å². The van der Waals surface area contributed by atoms with Crippen LogP contribution in [0, 0.1) is 13.8 Å². The highest BCUT2D eigenvalue weighted by Crippen LogP contribution is 2.32. The first-order valence-corrected chi connectivity index (χ1v) is 12.8. The number of carbonyl (C=O) groups is 2. The molecule has 0 radical (unpaired) electrons. The van der Waals surface area contributed by atoms with Crippen molar-refractivity contribution in [2.45, 2.75) is 64.3 Å². The molecule has 0 saturated heterocycles. The molecule has 1 saturated carbocycles. The third-order valence-electron chi connectivity index (χ3n) is 6.83. The number of hydrogen-bond donors (Lipinski definition) is 4. The average Bonchev–Trinajstić information content (AvgIpc) is 2.90. The first-order chi connectivity index (χ1) is 18.3. The quantitative estimate of drug-likeness (QED) is 0.163. The number of carbonyl (C=O) groups excluding carboxylic acids is 1. The number of nitrogens with one attached hydrogen (secondary N) is 1. The van der Waals surface area contributed by atoms with Crippen LogP contribution in [0.3, 0.4) is 0 Å². The summed E-state index contributed by atoms with van der Waals surface area (Å²) in [5, 5.41) is 30.7. The number of pyridine rings is 1. The van der Waals surface area contributed by atoms with E-state index in [1.807, 2.05) is 55.5 Å². The van der Waals surface area contributed by atoms with Crippen LogP contribution in [-0.4, -0.2) is 44.2 Å². The molecule has 4 rings (SSSR count). The fourth-order valence-electron chi connectivity index (χ4n) is 4.90. The molecule has 3 aromatic rings. The number of benzene rings is 2. The van der Waals surface area contributed by atoms with E-state index in [0.29, 0.717) is 17.7 Å². The summed E-state index contributed by atoms with van der Waals surface area (Å²) in [6.45, 7) is 4.02. The molecule has 0 bridgehead atoms. The highest BCUT2D eigenvalue weighted by atomic mass is 16.6. The molecule has 0 aliphatic heterocycles. The molecule has 8 nitrogen and oxygen atoms in total. The van der Waals surface area contributed by atoms with E-state index >= 15 is 0 Å². The van der Waals surface area contributed by atoms with E-state index < -0.39 is 6.16 Å². The lowest BCUT2D eigenvalue weighted by Crippen LogP contribution is -2.36. The van der Waals surface area contributed by atoms with Crippen LogP contribution < -0.4 is 5.32 Å². The summed E-state index contributed by atoms with van der Waals surface area (Å²) in [6, 6.07) is 20.2. The predicted octanol–water partition coefficient (Wildman–Crippen LogP) is 6.38. The Balaban J connectivity index is 0.000000934. The van der Waals surface area contributed by atoms with Gasteiger partial charge in [-0.15, -0.1) is 0 Å². The van der Waals surface area contributed by atoms with Gasteiger partial charge in [-0.3, -0.25) is 9.78 Å². The topological polar surface area (TPSA) is 132 Å². The van der Waals surface area contributed by atoms with Crippen LogP contribution in [-0.2, 0) is 0 Å². The standard InChI is InChI=1S/C29H33N3O2.CH2O3/c1-20-8-6-7-11-26(20)27(19-28(32-34)24-16-17-30-21(2)18-24)22-12-14-23(15-13-22)29(33)31-25-9-4-3-5-10-25;2-1(3)4/h6-8,11-18,25,27,34H,3-5,9-10,19H2,1-2H3,(H,31,33);(H2,2,3,4)/b32-28+;/t27-;/m1./s1. The van der Waals surface area contributed by atoms with E-state index in [1.54, 1.807) is 6.20 Å².